The molecule has 0 bridgehead atoms. The second-order valence-electron chi connectivity index (χ2n) is 3.28. The number of aromatic nitrogens is 2. The Morgan fingerprint density at radius 3 is 2.53 bits per heavy atom. The highest BCUT2D eigenvalue weighted by Gasteiger charge is 2.27. The fourth-order valence-electron chi connectivity index (χ4n) is 1.12. The summed E-state index contributed by atoms with van der Waals surface area (Å²) in [6.45, 7) is 2.95. The van der Waals surface area contributed by atoms with Gasteiger partial charge in [-0.1, -0.05) is 0 Å². The average molecular weight is 222 g/mol. The lowest BCUT2D eigenvalue weighted by molar-refractivity contribution is -0.174. The van der Waals surface area contributed by atoms with Gasteiger partial charge in [-0.2, -0.15) is 13.2 Å². The van der Waals surface area contributed by atoms with Gasteiger partial charge in [-0.15, -0.1) is 0 Å². The summed E-state index contributed by atoms with van der Waals surface area (Å²) >= 11 is 0. The standard InChI is InChI=1S/C9H13F3N2O/c1-7-8(2)14(6-13-7)3-4-15-5-9(10,11)12/h6H,3-5H2,1-2H3. The number of halogens is 3. The summed E-state index contributed by atoms with van der Waals surface area (Å²) < 4.78 is 41.4. The van der Waals surface area contributed by atoms with Crippen molar-refractivity contribution in [2.24, 2.45) is 0 Å². The van der Waals surface area contributed by atoms with E-state index in [2.05, 4.69) is 9.72 Å². The van der Waals surface area contributed by atoms with Gasteiger partial charge >= 0.3 is 6.18 Å². The van der Waals surface area contributed by atoms with Crippen LogP contribution in [0.5, 0.6) is 0 Å². The molecule has 0 aliphatic carbocycles. The van der Waals surface area contributed by atoms with Crippen LogP contribution in [-0.4, -0.2) is 28.9 Å². The minimum atomic E-state index is -4.25. The van der Waals surface area contributed by atoms with Crippen molar-refractivity contribution in [2.75, 3.05) is 13.2 Å². The number of ether oxygens (including phenoxy) is 1. The minimum absolute atomic E-state index is 0.0378. The quantitative estimate of drug-likeness (QED) is 0.729. The molecule has 86 valence electrons. The molecule has 0 unspecified atom stereocenters. The SMILES string of the molecule is Cc1ncn(CCOCC(F)(F)F)c1C. The number of imidazole rings is 1. The Kier molecular flexibility index (Phi) is 3.73. The van der Waals surface area contributed by atoms with Gasteiger partial charge < -0.3 is 9.30 Å². The molecule has 1 heterocycles. The number of hydrogen-bond acceptors (Lipinski definition) is 2. The van der Waals surface area contributed by atoms with E-state index in [0.29, 0.717) is 6.54 Å². The normalized spacial score (nSPS) is 12.1. The summed E-state index contributed by atoms with van der Waals surface area (Å²) in [5.74, 6) is 0. The van der Waals surface area contributed by atoms with E-state index in [1.807, 2.05) is 13.8 Å². The molecular weight excluding hydrogens is 209 g/mol. The molecular formula is C9H13F3N2O. The van der Waals surface area contributed by atoms with Crippen LogP contribution in [0.3, 0.4) is 0 Å². The number of rotatable bonds is 4. The lowest BCUT2D eigenvalue weighted by atomic mass is 10.4. The van der Waals surface area contributed by atoms with E-state index >= 15 is 0 Å². The first-order chi connectivity index (χ1) is 6.90. The summed E-state index contributed by atoms with van der Waals surface area (Å²) in [6, 6.07) is 0. The molecule has 0 fully saturated rings. The van der Waals surface area contributed by atoms with Crippen molar-refractivity contribution < 1.29 is 17.9 Å². The molecule has 0 atom stereocenters. The molecule has 0 spiro atoms. The molecule has 0 N–H and O–H groups in total. The highest BCUT2D eigenvalue weighted by Crippen LogP contribution is 2.14. The number of hydrogen-bond donors (Lipinski definition) is 0. The van der Waals surface area contributed by atoms with E-state index in [9.17, 15) is 13.2 Å². The van der Waals surface area contributed by atoms with Crippen LogP contribution in [0.25, 0.3) is 0 Å². The summed E-state index contributed by atoms with van der Waals surface area (Å²) in [5, 5.41) is 0. The zero-order valence-corrected chi connectivity index (χ0v) is 8.64. The predicted octanol–water partition coefficient (Wildman–Crippen LogP) is 2.08. The van der Waals surface area contributed by atoms with E-state index in [1.165, 1.54) is 0 Å². The molecule has 1 aromatic heterocycles. The minimum Gasteiger partial charge on any atom is -0.370 e. The maximum atomic E-state index is 11.7. The Bertz CT molecular complexity index is 320. The number of nitrogens with zero attached hydrogens (tertiary/aromatic N) is 2. The van der Waals surface area contributed by atoms with Crippen LogP contribution >= 0.6 is 0 Å². The third-order valence-electron chi connectivity index (χ3n) is 2.09. The molecule has 0 amide bonds. The van der Waals surface area contributed by atoms with E-state index in [0.717, 1.165) is 11.4 Å². The van der Waals surface area contributed by atoms with Crippen molar-refractivity contribution in [1.29, 1.82) is 0 Å². The second kappa shape index (κ2) is 4.65. The lowest BCUT2D eigenvalue weighted by Crippen LogP contribution is -2.19. The summed E-state index contributed by atoms with van der Waals surface area (Å²) in [5.41, 5.74) is 1.83. The van der Waals surface area contributed by atoms with Gasteiger partial charge in [-0.25, -0.2) is 4.98 Å². The zero-order chi connectivity index (χ0) is 11.5. The largest absolute Gasteiger partial charge is 0.411 e. The first-order valence-electron chi connectivity index (χ1n) is 4.53. The molecule has 1 rings (SSSR count). The zero-order valence-electron chi connectivity index (χ0n) is 8.64. The van der Waals surface area contributed by atoms with Gasteiger partial charge in [0.25, 0.3) is 0 Å². The Morgan fingerprint density at radius 2 is 2.07 bits per heavy atom. The van der Waals surface area contributed by atoms with Crippen LogP contribution in [0.1, 0.15) is 11.4 Å². The second-order valence-corrected chi connectivity index (χ2v) is 3.28. The fraction of sp³-hybridized carbons (Fsp3) is 0.667. The smallest absolute Gasteiger partial charge is 0.370 e. The Labute approximate surface area is 85.9 Å². The summed E-state index contributed by atoms with van der Waals surface area (Å²) in [4.78, 5) is 4.03. The molecule has 3 nitrogen and oxygen atoms in total. The Hall–Kier alpha value is -1.04. The molecule has 6 heteroatoms. The maximum absolute atomic E-state index is 11.7. The van der Waals surface area contributed by atoms with Crippen molar-refractivity contribution in [3.8, 4) is 0 Å². The molecule has 0 saturated carbocycles. The third kappa shape index (κ3) is 3.91. The van der Waals surface area contributed by atoms with Crippen LogP contribution in [0.15, 0.2) is 6.33 Å². The van der Waals surface area contributed by atoms with Crippen LogP contribution in [0, 0.1) is 13.8 Å². The van der Waals surface area contributed by atoms with Crippen LogP contribution < -0.4 is 0 Å². The van der Waals surface area contributed by atoms with Crippen LogP contribution in [0.4, 0.5) is 13.2 Å². The molecule has 15 heavy (non-hydrogen) atoms. The first kappa shape index (κ1) is 12.0. The summed E-state index contributed by atoms with van der Waals surface area (Å²) in [7, 11) is 0. The van der Waals surface area contributed by atoms with Crippen molar-refractivity contribution in [3.63, 3.8) is 0 Å². The van der Waals surface area contributed by atoms with Crippen molar-refractivity contribution in [1.82, 2.24) is 9.55 Å². The maximum Gasteiger partial charge on any atom is 0.411 e. The molecule has 0 aromatic carbocycles. The van der Waals surface area contributed by atoms with Gasteiger partial charge in [0.1, 0.15) is 6.61 Å². The van der Waals surface area contributed by atoms with Gasteiger partial charge in [0.2, 0.25) is 0 Å². The van der Waals surface area contributed by atoms with Crippen molar-refractivity contribution >= 4 is 0 Å². The molecule has 0 aliphatic rings. The van der Waals surface area contributed by atoms with E-state index in [1.54, 1.807) is 10.9 Å². The number of alkyl halides is 3. The number of aryl methyl sites for hydroxylation is 1. The lowest BCUT2D eigenvalue weighted by Gasteiger charge is -2.08. The van der Waals surface area contributed by atoms with Gasteiger partial charge in [0.15, 0.2) is 0 Å². The van der Waals surface area contributed by atoms with Crippen LogP contribution in [-0.2, 0) is 11.3 Å². The van der Waals surface area contributed by atoms with E-state index in [4.69, 9.17) is 0 Å². The van der Waals surface area contributed by atoms with Gasteiger partial charge in [-0.3, -0.25) is 0 Å². The van der Waals surface area contributed by atoms with Crippen LogP contribution in [0.2, 0.25) is 0 Å². The van der Waals surface area contributed by atoms with Gasteiger partial charge in [0, 0.05) is 12.2 Å². The Morgan fingerprint density at radius 1 is 1.40 bits per heavy atom. The predicted molar refractivity (Wildman–Crippen MR) is 48.6 cm³/mol. The van der Waals surface area contributed by atoms with E-state index in [-0.39, 0.29) is 6.61 Å². The monoisotopic (exact) mass is 222 g/mol. The van der Waals surface area contributed by atoms with Crippen molar-refractivity contribution in [2.45, 2.75) is 26.6 Å². The highest BCUT2D eigenvalue weighted by molar-refractivity contribution is 5.08. The van der Waals surface area contributed by atoms with Gasteiger partial charge in [0.05, 0.1) is 18.6 Å². The highest BCUT2D eigenvalue weighted by atomic mass is 19.4. The van der Waals surface area contributed by atoms with Gasteiger partial charge in [-0.05, 0) is 13.8 Å². The Balaban J connectivity index is 2.30. The molecule has 0 aliphatic heterocycles. The molecule has 0 radical (unpaired) electrons. The topological polar surface area (TPSA) is 27.1 Å². The molecule has 1 aromatic rings. The fourth-order valence-corrected chi connectivity index (χ4v) is 1.12. The van der Waals surface area contributed by atoms with Crippen molar-refractivity contribution in [3.05, 3.63) is 17.7 Å². The molecule has 0 saturated heterocycles. The summed E-state index contributed by atoms with van der Waals surface area (Å²) in [6.07, 6.45) is -2.65. The average Bonchev–Trinajstić information content (AvgIpc) is 2.42. The van der Waals surface area contributed by atoms with E-state index < -0.39 is 12.8 Å². The first-order valence-corrected chi connectivity index (χ1v) is 4.53. The third-order valence-corrected chi connectivity index (χ3v) is 2.09.